The molecule has 0 aromatic carbocycles. The van der Waals surface area contributed by atoms with Gasteiger partial charge in [0.05, 0.1) is 49.5 Å². The van der Waals surface area contributed by atoms with Gasteiger partial charge in [-0.2, -0.15) is 0 Å². The molecular weight excluding hydrogens is 1270 g/mol. The quantitative estimate of drug-likeness (QED) is 0.0541. The molecular formula is C63H113N12O16P3. The van der Waals surface area contributed by atoms with Gasteiger partial charge in [0, 0.05) is 95.1 Å². The van der Waals surface area contributed by atoms with Crippen LogP contribution in [0.5, 0.6) is 0 Å². The second-order valence-corrected chi connectivity index (χ2v) is 29.1. The summed E-state index contributed by atoms with van der Waals surface area (Å²) in [6, 6.07) is 1.92. The average molecular weight is 1400 g/mol. The monoisotopic (exact) mass is 1400 g/mol. The van der Waals surface area contributed by atoms with Gasteiger partial charge in [0.2, 0.25) is 16.1 Å². The number of carbonyl (C=O) groups excluding carboxylic acids is 4. The molecule has 0 spiro atoms. The highest BCUT2D eigenvalue weighted by atomic mass is 31.2. The Morgan fingerprint density at radius 3 is 1.43 bits per heavy atom. The Morgan fingerprint density at radius 2 is 1.03 bits per heavy atom. The number of fused-ring (bicyclic) bond motifs is 2. The van der Waals surface area contributed by atoms with Crippen LogP contribution in [0.1, 0.15) is 163 Å². The fourth-order valence-electron chi connectivity index (χ4n) is 11.9. The van der Waals surface area contributed by atoms with Crippen molar-refractivity contribution in [1.29, 1.82) is 4.29 Å². The number of imidazole rings is 2. The molecule has 2 amide bonds. The van der Waals surface area contributed by atoms with Gasteiger partial charge in [0.1, 0.15) is 79.2 Å². The van der Waals surface area contributed by atoms with Crippen molar-refractivity contribution in [3.8, 4) is 0 Å². The molecule has 5 aliphatic rings. The average Bonchev–Trinajstić information content (AvgIpc) is 1.62. The van der Waals surface area contributed by atoms with Crippen LogP contribution in [0.15, 0.2) is 36.3 Å². The Morgan fingerprint density at radius 1 is 0.628 bits per heavy atom. The van der Waals surface area contributed by atoms with Crippen molar-refractivity contribution >= 4 is 71.1 Å². The summed E-state index contributed by atoms with van der Waals surface area (Å²) in [5.41, 5.74) is 2.47. The Hall–Kier alpha value is -3.86. The number of nitrogens with zero attached hydrogens (tertiary/aromatic N) is 11. The zero-order chi connectivity index (χ0) is 75.7. The maximum atomic E-state index is 12.7. The third kappa shape index (κ3) is 20.9. The number of aromatic nitrogens is 6. The standard InChI is InChI=1S/C23H38N5O5P.C19H32N5O3P.C18H31N2O5P.3CH4O/c1-12(2)22(30)26-17-10-16(29)18-21(25-17)27(11-24-18)23-20(31-8)19(15(7)32-23)33-34(9)28(13(3)4)14(5)6;1-11(2)24(12(3)4)28(8)27-16-14(6)26-19(17(16)25-7)23-10-22-15-13(5)20-9-21-18(15)23;1-11(2)20(12(3)4)26(7)25-16-13(5)24-18(17(16)23-6)19-9-8-14(21)10-15(19)22;3*1-2/h11-15,19-20,23H,10H2,1-9H3,(H,25,26,30);9-12,14,16-17,19H,1-8H3;8-9,11-13,16-18H,10H2,1-7H3;3*2H,1H3/i7D;6D;5D;3*2T. The Labute approximate surface area is 570 Å². The zero-order valence-electron chi connectivity index (χ0n) is 65.7. The largest absolute Gasteiger partial charge is 0.400 e. The molecule has 0 saturated carbocycles. The number of amidine groups is 1. The summed E-state index contributed by atoms with van der Waals surface area (Å²) in [7, 11) is 5.87. The van der Waals surface area contributed by atoms with E-state index >= 15 is 0 Å². The number of aliphatic imine (C=N–C) groups is 1. The van der Waals surface area contributed by atoms with Crippen LogP contribution in [0.4, 0.5) is 5.82 Å². The van der Waals surface area contributed by atoms with Crippen molar-refractivity contribution in [3.05, 3.63) is 42.6 Å². The van der Waals surface area contributed by atoms with Crippen LogP contribution in [0.25, 0.3) is 11.2 Å². The lowest BCUT2D eigenvalue weighted by Gasteiger charge is -2.38. The lowest BCUT2D eigenvalue weighted by Crippen LogP contribution is -2.47. The van der Waals surface area contributed by atoms with E-state index in [2.05, 4.69) is 156 Å². The highest BCUT2D eigenvalue weighted by Gasteiger charge is 2.51. The number of rotatable bonds is 22. The van der Waals surface area contributed by atoms with Crippen LogP contribution >= 0.6 is 24.9 Å². The Kier molecular flexibility index (Phi) is 31.4. The van der Waals surface area contributed by atoms with Gasteiger partial charge in [-0.25, -0.2) is 24.9 Å². The minimum Gasteiger partial charge on any atom is -0.400 e. The molecule has 3 fully saturated rings. The molecule has 3 aromatic heterocycles. The minimum absolute atomic E-state index is 0.00175. The number of hydrogen-bond donors (Lipinski definition) is 4. The van der Waals surface area contributed by atoms with Crippen LogP contribution in [0.2, 0.25) is 0 Å². The lowest BCUT2D eigenvalue weighted by atomic mass is 10.1. The number of hydrogen-bond acceptors (Lipinski definition) is 24. The van der Waals surface area contributed by atoms with Crippen molar-refractivity contribution in [2.45, 2.75) is 247 Å². The summed E-state index contributed by atoms with van der Waals surface area (Å²) in [6.45, 7) is 37.5. The molecule has 0 bridgehead atoms. The van der Waals surface area contributed by atoms with E-state index in [1.54, 1.807) is 46.1 Å². The van der Waals surface area contributed by atoms with Crippen LogP contribution in [0, 0.1) is 12.8 Å². The van der Waals surface area contributed by atoms with Crippen LogP contribution in [-0.4, -0.2) is 257 Å². The van der Waals surface area contributed by atoms with Crippen molar-refractivity contribution in [2.75, 3.05) is 62.7 Å². The number of Topliss-reactive ketones (excluding diaryl/α,β-unsaturated/α-hetero) is 1. The topological polar surface area (TPSA) is 311 Å². The van der Waals surface area contributed by atoms with Crippen molar-refractivity contribution in [1.82, 2.24) is 53.3 Å². The van der Waals surface area contributed by atoms with E-state index in [4.69, 9.17) is 50.4 Å². The van der Waals surface area contributed by atoms with E-state index in [0.29, 0.717) is 47.7 Å². The molecule has 15 atom stereocenters. The fourth-order valence-corrected chi connectivity index (χ4v) is 18.0. The summed E-state index contributed by atoms with van der Waals surface area (Å²) in [5.74, 6) is -0.657. The van der Waals surface area contributed by atoms with E-state index in [9.17, 15) is 19.2 Å². The van der Waals surface area contributed by atoms with Gasteiger partial charge in [0.25, 0.3) is 0 Å². The Balaban J connectivity index is 0.000000370. The van der Waals surface area contributed by atoms with Gasteiger partial charge in [-0.3, -0.25) is 47.2 Å². The molecule has 536 valence electrons. The number of allylic oxidation sites excluding steroid dienone is 1. The molecule has 31 heteroatoms. The van der Waals surface area contributed by atoms with E-state index in [1.807, 2.05) is 18.2 Å². The van der Waals surface area contributed by atoms with Crippen molar-refractivity contribution in [2.24, 2.45) is 10.9 Å². The first kappa shape index (κ1) is 74.4. The lowest BCUT2D eigenvalue weighted by molar-refractivity contribution is -0.148. The number of ether oxygens (including phenoxy) is 6. The number of nitrogens with one attached hydrogen (secondary N) is 1. The van der Waals surface area contributed by atoms with E-state index < -0.39 is 86.3 Å². The van der Waals surface area contributed by atoms with E-state index in [0.717, 1.165) is 11.2 Å². The van der Waals surface area contributed by atoms with Gasteiger partial charge in [-0.15, -0.1) is 0 Å². The predicted octanol–water partition coefficient (Wildman–Crippen LogP) is 8.49. The molecule has 15 unspecified atom stereocenters. The number of ketones is 2. The molecule has 0 aliphatic carbocycles. The molecule has 8 rings (SSSR count). The smallest absolute Gasteiger partial charge is 0.236 e. The highest BCUT2D eigenvalue weighted by molar-refractivity contribution is 7.49. The number of carbonyl (C=O) groups is 4. The SMILES string of the molecule is [2H]CC1OC(N2C=CC(=O)CC2=O)C(OC)C1OP(C)N(C(C)C)C(C)C.[2H]CC1OC(n2cnc3c(C)ncnc32)C(OC)C1OP(C)N(C(C)C)C(C)C.[2H]CC1OC(n2cnc3c2N=C(NC(=O)C(C)C)CC3=O)C(OC)C1OP(C)N(C(C)C)C(C)C.[3H]OC.[3H]OC.[3H]OC. The summed E-state index contributed by atoms with van der Waals surface area (Å²) < 4.78 is 107. The summed E-state index contributed by atoms with van der Waals surface area (Å²) in [5, 5.41) is 13.2. The first-order valence-electron chi connectivity index (χ1n) is 34.7. The molecule has 28 nitrogen and oxygen atoms in total. The maximum Gasteiger partial charge on any atom is 0.236 e. The predicted molar refractivity (Wildman–Crippen MR) is 367 cm³/mol. The zero-order valence-corrected chi connectivity index (χ0v) is 62.4. The first-order chi connectivity index (χ1) is 47.2. The number of aliphatic hydroxyl groups excluding tert-OH is 3. The van der Waals surface area contributed by atoms with Crippen molar-refractivity contribution in [3.63, 3.8) is 0 Å². The second kappa shape index (κ2) is 39.7. The van der Waals surface area contributed by atoms with E-state index in [-0.39, 0.29) is 86.6 Å². The third-order valence-corrected chi connectivity index (χ3v) is 21.8. The number of methoxy groups -OCH3 is 3. The molecule has 94 heavy (non-hydrogen) atoms. The molecule has 4 N–H and O–H groups in total. The molecule has 8 heterocycles. The Bertz CT molecular complexity index is 2990. The number of aryl methyl sites for hydroxylation is 1. The van der Waals surface area contributed by atoms with Gasteiger partial charge in [0.15, 0.2) is 47.4 Å². The molecule has 0 radical (unpaired) electrons. The second-order valence-electron chi connectivity index (χ2n) is 24.3. The normalized spacial score (nSPS) is 26.9. The third-order valence-electron chi connectivity index (χ3n) is 15.4. The fraction of sp³-hybridized carbons (Fsp3) is 0.762. The van der Waals surface area contributed by atoms with Crippen LogP contribution in [-0.2, 0) is 56.4 Å². The van der Waals surface area contributed by atoms with Gasteiger partial charge in [-0.05, 0) is 137 Å². The van der Waals surface area contributed by atoms with Gasteiger partial charge < -0.3 is 62.6 Å². The molecule has 5 aliphatic heterocycles. The summed E-state index contributed by atoms with van der Waals surface area (Å²) in [4.78, 5) is 71.9. The minimum atomic E-state index is -0.979. The summed E-state index contributed by atoms with van der Waals surface area (Å²) >= 11 is 0. The summed E-state index contributed by atoms with van der Waals surface area (Å²) in [6.07, 6.45) is 1.29. The number of amides is 2. The van der Waals surface area contributed by atoms with E-state index in [1.165, 1.54) is 51.2 Å². The van der Waals surface area contributed by atoms with Crippen LogP contribution in [0.3, 0.4) is 0 Å². The molecule has 3 saturated heterocycles. The van der Waals surface area contributed by atoms with Crippen molar-refractivity contribution < 1.29 is 80.6 Å². The first-order valence-corrected chi connectivity index (χ1v) is 36.3. The van der Waals surface area contributed by atoms with Gasteiger partial charge >= 0.3 is 0 Å². The maximum absolute atomic E-state index is 12.7. The van der Waals surface area contributed by atoms with Crippen LogP contribution < -0.4 is 5.32 Å². The highest BCUT2D eigenvalue weighted by Crippen LogP contribution is 2.50. The molecule has 3 aromatic rings. The number of aliphatic hydroxyl groups is 3. The van der Waals surface area contributed by atoms with Gasteiger partial charge in [-0.1, -0.05) is 13.8 Å².